The van der Waals surface area contributed by atoms with E-state index in [2.05, 4.69) is 11.7 Å². The van der Waals surface area contributed by atoms with E-state index in [9.17, 15) is 9.59 Å². The highest BCUT2D eigenvalue weighted by atomic mass is 16.6. The minimum atomic E-state index is -0.923. The van der Waals surface area contributed by atoms with Gasteiger partial charge in [-0.3, -0.25) is 9.59 Å². The Kier molecular flexibility index (Phi) is 2.44. The van der Waals surface area contributed by atoms with E-state index in [0.29, 0.717) is 6.42 Å². The van der Waals surface area contributed by atoms with Gasteiger partial charge in [0.15, 0.2) is 5.41 Å². The van der Waals surface area contributed by atoms with Crippen molar-refractivity contribution in [2.45, 2.75) is 38.7 Å². The molecule has 0 amide bonds. The summed E-state index contributed by atoms with van der Waals surface area (Å²) in [5.74, 6) is -0.721. The average molecular weight is 212 g/mol. The minimum Gasteiger partial charge on any atom is -0.468 e. The quantitative estimate of drug-likeness (QED) is 0.520. The lowest BCUT2D eigenvalue weighted by Gasteiger charge is -2.10. The second-order valence-corrected chi connectivity index (χ2v) is 4.36. The molecule has 0 unspecified atom stereocenters. The van der Waals surface area contributed by atoms with Crippen LogP contribution in [0.25, 0.3) is 0 Å². The zero-order valence-electron chi connectivity index (χ0n) is 9.12. The molecule has 1 heterocycles. The molecular formula is C11H16O4. The van der Waals surface area contributed by atoms with Crippen molar-refractivity contribution in [2.24, 2.45) is 11.3 Å². The molecule has 0 bridgehead atoms. The summed E-state index contributed by atoms with van der Waals surface area (Å²) < 4.78 is 9.87. The summed E-state index contributed by atoms with van der Waals surface area (Å²) in [7, 11) is 1.32. The van der Waals surface area contributed by atoms with E-state index >= 15 is 0 Å². The Labute approximate surface area is 88.9 Å². The molecule has 3 atom stereocenters. The third kappa shape index (κ3) is 1.34. The molecule has 4 heteroatoms. The highest BCUT2D eigenvalue weighted by molar-refractivity contribution is 6.05. The van der Waals surface area contributed by atoms with Gasteiger partial charge in [0.05, 0.1) is 7.11 Å². The van der Waals surface area contributed by atoms with Gasteiger partial charge in [0.25, 0.3) is 0 Å². The van der Waals surface area contributed by atoms with Crippen molar-refractivity contribution in [1.29, 1.82) is 0 Å². The second-order valence-electron chi connectivity index (χ2n) is 4.36. The predicted octanol–water partition coefficient (Wildman–Crippen LogP) is 1.28. The summed E-state index contributed by atoms with van der Waals surface area (Å²) in [5.41, 5.74) is -0.923. The Hall–Kier alpha value is -1.06. The number of cyclic esters (lactones) is 1. The minimum absolute atomic E-state index is 0.0588. The Balaban J connectivity index is 2.03. The maximum atomic E-state index is 11.6. The van der Waals surface area contributed by atoms with Gasteiger partial charge in [-0.15, -0.1) is 0 Å². The summed E-state index contributed by atoms with van der Waals surface area (Å²) in [4.78, 5) is 23.1. The van der Waals surface area contributed by atoms with Crippen LogP contribution >= 0.6 is 0 Å². The maximum absolute atomic E-state index is 11.6. The molecule has 15 heavy (non-hydrogen) atoms. The van der Waals surface area contributed by atoms with Crippen molar-refractivity contribution in [1.82, 2.24) is 0 Å². The third-order valence-corrected chi connectivity index (χ3v) is 3.48. The van der Waals surface area contributed by atoms with Crippen LogP contribution in [0.3, 0.4) is 0 Å². The van der Waals surface area contributed by atoms with Crippen molar-refractivity contribution < 1.29 is 19.1 Å². The molecule has 0 N–H and O–H groups in total. The fraction of sp³-hybridized carbons (Fsp3) is 0.818. The van der Waals surface area contributed by atoms with Gasteiger partial charge in [-0.1, -0.05) is 19.8 Å². The van der Waals surface area contributed by atoms with Crippen molar-refractivity contribution in [3.63, 3.8) is 0 Å². The number of rotatable bonds is 4. The van der Waals surface area contributed by atoms with Crippen molar-refractivity contribution in [2.75, 3.05) is 7.11 Å². The van der Waals surface area contributed by atoms with Crippen LogP contribution in [0, 0.1) is 11.3 Å². The lowest BCUT2D eigenvalue weighted by atomic mass is 10.0. The predicted molar refractivity (Wildman–Crippen MR) is 52.0 cm³/mol. The van der Waals surface area contributed by atoms with Crippen LogP contribution in [-0.4, -0.2) is 25.2 Å². The fourth-order valence-corrected chi connectivity index (χ4v) is 2.46. The Bertz CT molecular complexity index is 299. The van der Waals surface area contributed by atoms with Gasteiger partial charge < -0.3 is 9.47 Å². The molecule has 0 spiro atoms. The van der Waals surface area contributed by atoms with Crippen LogP contribution in [0.5, 0.6) is 0 Å². The van der Waals surface area contributed by atoms with E-state index in [4.69, 9.17) is 4.74 Å². The summed E-state index contributed by atoms with van der Waals surface area (Å²) in [6, 6.07) is 0. The number of carbonyl (C=O) groups is 2. The molecule has 0 aromatic carbocycles. The van der Waals surface area contributed by atoms with Crippen LogP contribution in [0.2, 0.25) is 0 Å². The number of methoxy groups -OCH3 is 1. The molecule has 2 fully saturated rings. The van der Waals surface area contributed by atoms with E-state index in [1.165, 1.54) is 7.11 Å². The molecule has 2 rings (SSSR count). The Morgan fingerprint density at radius 2 is 2.40 bits per heavy atom. The average Bonchev–Trinajstić information content (AvgIpc) is 2.93. The fourth-order valence-electron chi connectivity index (χ4n) is 2.46. The first-order valence-electron chi connectivity index (χ1n) is 5.46. The number of fused-ring (bicyclic) bond motifs is 1. The molecule has 2 aliphatic rings. The third-order valence-electron chi connectivity index (χ3n) is 3.48. The van der Waals surface area contributed by atoms with E-state index < -0.39 is 11.4 Å². The molecular weight excluding hydrogens is 196 g/mol. The van der Waals surface area contributed by atoms with Crippen LogP contribution in [-0.2, 0) is 19.1 Å². The van der Waals surface area contributed by atoms with Gasteiger partial charge in [-0.2, -0.15) is 0 Å². The molecule has 4 nitrogen and oxygen atoms in total. The van der Waals surface area contributed by atoms with Crippen LogP contribution in [0.1, 0.15) is 32.6 Å². The normalized spacial score (nSPS) is 37.1. The van der Waals surface area contributed by atoms with Crippen LogP contribution in [0.15, 0.2) is 0 Å². The van der Waals surface area contributed by atoms with E-state index in [0.717, 1.165) is 19.3 Å². The molecule has 1 aliphatic heterocycles. The molecule has 0 aromatic rings. The highest BCUT2D eigenvalue weighted by Crippen LogP contribution is 2.62. The molecule has 0 aromatic heterocycles. The number of hydrogen-bond acceptors (Lipinski definition) is 4. The lowest BCUT2D eigenvalue weighted by Crippen LogP contribution is -2.25. The standard InChI is InChI=1S/C11H16O4/c1-3-4-5-8-7-6-11(7,9(12)14-2)10(13)15-8/h7-8H,3-6H2,1-2H3/t7-,8-,11-/m0/s1. The largest absolute Gasteiger partial charge is 0.468 e. The van der Waals surface area contributed by atoms with Gasteiger partial charge in [0, 0.05) is 5.92 Å². The molecule has 0 radical (unpaired) electrons. The van der Waals surface area contributed by atoms with Gasteiger partial charge in [0.2, 0.25) is 0 Å². The van der Waals surface area contributed by atoms with Gasteiger partial charge in [-0.25, -0.2) is 0 Å². The summed E-state index contributed by atoms with van der Waals surface area (Å²) >= 11 is 0. The summed E-state index contributed by atoms with van der Waals surface area (Å²) in [5, 5.41) is 0. The van der Waals surface area contributed by atoms with Crippen LogP contribution in [0.4, 0.5) is 0 Å². The van der Waals surface area contributed by atoms with E-state index in [1.54, 1.807) is 0 Å². The first kappa shape index (κ1) is 10.5. The number of unbranched alkanes of at least 4 members (excludes halogenated alkanes) is 1. The maximum Gasteiger partial charge on any atom is 0.324 e. The van der Waals surface area contributed by atoms with Crippen molar-refractivity contribution in [3.8, 4) is 0 Å². The molecule has 1 saturated carbocycles. The summed E-state index contributed by atoms with van der Waals surface area (Å²) in [6.45, 7) is 2.09. The highest BCUT2D eigenvalue weighted by Gasteiger charge is 2.75. The zero-order valence-corrected chi connectivity index (χ0v) is 9.12. The lowest BCUT2D eigenvalue weighted by molar-refractivity contribution is -0.159. The zero-order chi connectivity index (χ0) is 11.1. The number of esters is 2. The Morgan fingerprint density at radius 1 is 1.67 bits per heavy atom. The topological polar surface area (TPSA) is 52.6 Å². The smallest absolute Gasteiger partial charge is 0.324 e. The molecule has 1 aliphatic carbocycles. The number of ether oxygens (including phenoxy) is 2. The summed E-state index contributed by atoms with van der Waals surface area (Å²) in [6.07, 6.45) is 3.53. The molecule has 1 saturated heterocycles. The Morgan fingerprint density at radius 3 is 2.93 bits per heavy atom. The van der Waals surface area contributed by atoms with Crippen molar-refractivity contribution in [3.05, 3.63) is 0 Å². The van der Waals surface area contributed by atoms with E-state index in [-0.39, 0.29) is 18.0 Å². The van der Waals surface area contributed by atoms with Crippen LogP contribution < -0.4 is 0 Å². The number of hydrogen-bond donors (Lipinski definition) is 0. The van der Waals surface area contributed by atoms with Gasteiger partial charge in [-0.05, 0) is 12.8 Å². The first-order chi connectivity index (χ1) is 7.16. The monoisotopic (exact) mass is 212 g/mol. The van der Waals surface area contributed by atoms with Gasteiger partial charge in [0.1, 0.15) is 6.10 Å². The second kappa shape index (κ2) is 3.51. The van der Waals surface area contributed by atoms with Crippen molar-refractivity contribution >= 4 is 11.9 Å². The first-order valence-corrected chi connectivity index (χ1v) is 5.46. The number of carbonyl (C=O) groups excluding carboxylic acids is 2. The van der Waals surface area contributed by atoms with E-state index in [1.807, 2.05) is 0 Å². The van der Waals surface area contributed by atoms with Gasteiger partial charge >= 0.3 is 11.9 Å². The SMILES string of the molecule is CCCC[C@@H]1OC(=O)[C@@]2(C(=O)OC)C[C@@H]12. The molecule has 84 valence electrons.